The molecular weight excluding hydrogens is 773 g/mol. The summed E-state index contributed by atoms with van der Waals surface area (Å²) in [5.74, 6) is 0. The molecule has 0 aromatic heterocycles. The molecule has 0 aliphatic heterocycles. The number of nitrogens with zero attached hydrogens (tertiary/aromatic N) is 2. The zero-order valence-corrected chi connectivity index (χ0v) is 38.4. The van der Waals surface area contributed by atoms with Gasteiger partial charge in [0, 0.05) is 34.1 Å². The maximum Gasteiger partial charge on any atom is 0.0462 e. The van der Waals surface area contributed by atoms with Crippen molar-refractivity contribution in [2.24, 2.45) is 0 Å². The van der Waals surface area contributed by atoms with Crippen molar-refractivity contribution in [1.29, 1.82) is 0 Å². The Morgan fingerprint density at radius 3 is 0.766 bits per heavy atom. The first-order valence-electron chi connectivity index (χ1n) is 22.4. The standard InChI is InChI=1S/C62H56N2/c1-41-43(3)59-47(7)62-46(6)58(40-34-50-31-37-56(38-32-50)64(53-25-17-11-18-26-53)54-27-19-12-20-28-54)42(2)44(4)60(62)48(8)61(59)45(5)57(41)39-33-49-29-35-55(36-30-49)63(51-21-13-9-14-22-51)52-23-15-10-16-24-52/h9-40H,1-8H3/b39-33+,40-34+. The molecule has 0 N–H and O–H groups in total. The molecule has 0 spiro atoms. The molecule has 0 heterocycles. The van der Waals surface area contributed by atoms with Crippen LogP contribution in [0.1, 0.15) is 66.8 Å². The summed E-state index contributed by atoms with van der Waals surface area (Å²) < 4.78 is 0. The Hall–Kier alpha value is -7.42. The van der Waals surface area contributed by atoms with E-state index in [2.05, 4.69) is 259 Å². The van der Waals surface area contributed by atoms with E-state index < -0.39 is 0 Å². The van der Waals surface area contributed by atoms with E-state index in [1.807, 2.05) is 0 Å². The second-order valence-electron chi connectivity index (χ2n) is 17.2. The van der Waals surface area contributed by atoms with Gasteiger partial charge in [-0.25, -0.2) is 0 Å². The lowest BCUT2D eigenvalue weighted by molar-refractivity contribution is 1.28. The predicted molar refractivity (Wildman–Crippen MR) is 279 cm³/mol. The van der Waals surface area contributed by atoms with Gasteiger partial charge >= 0.3 is 0 Å². The van der Waals surface area contributed by atoms with E-state index in [9.17, 15) is 0 Å². The topological polar surface area (TPSA) is 6.48 Å². The Morgan fingerprint density at radius 1 is 0.234 bits per heavy atom. The molecule has 0 amide bonds. The number of anilines is 6. The fraction of sp³-hybridized carbons (Fsp3) is 0.129. The molecule has 64 heavy (non-hydrogen) atoms. The fourth-order valence-corrected chi connectivity index (χ4v) is 10.0. The van der Waals surface area contributed by atoms with Crippen molar-refractivity contribution in [2.75, 3.05) is 9.80 Å². The Balaban J connectivity index is 1.05. The summed E-state index contributed by atoms with van der Waals surface area (Å²) in [6.07, 6.45) is 9.22. The van der Waals surface area contributed by atoms with Crippen LogP contribution >= 0.6 is 0 Å². The Bertz CT molecular complexity index is 2880. The predicted octanol–water partition coefficient (Wildman–Crippen LogP) is 17.7. The van der Waals surface area contributed by atoms with E-state index in [0.29, 0.717) is 0 Å². The van der Waals surface area contributed by atoms with Crippen LogP contribution in [0, 0.1) is 55.4 Å². The monoisotopic (exact) mass is 828 g/mol. The second-order valence-corrected chi connectivity index (χ2v) is 17.2. The van der Waals surface area contributed by atoms with Gasteiger partial charge in [0.15, 0.2) is 0 Å². The molecule has 9 aromatic carbocycles. The van der Waals surface area contributed by atoms with Crippen molar-refractivity contribution >= 4 is 80.0 Å². The first-order valence-corrected chi connectivity index (χ1v) is 22.4. The SMILES string of the molecule is Cc1c(/C=C/c2ccc(N(c3ccccc3)c3ccccc3)cc2)c(C)c2c(C)c3c(C)c(C)c(/C=C/c4ccc(N(c5ccccc5)c5ccccc5)cc4)c(C)c3c(C)c2c1C. The van der Waals surface area contributed by atoms with Crippen molar-refractivity contribution in [1.82, 2.24) is 0 Å². The van der Waals surface area contributed by atoms with Gasteiger partial charge in [0.25, 0.3) is 0 Å². The number of benzene rings is 9. The first-order chi connectivity index (χ1) is 31.1. The van der Waals surface area contributed by atoms with Crippen LogP contribution in [0.25, 0.3) is 45.8 Å². The molecule has 0 saturated carbocycles. The van der Waals surface area contributed by atoms with Crippen LogP contribution in [0.3, 0.4) is 0 Å². The zero-order chi connectivity index (χ0) is 44.5. The summed E-state index contributed by atoms with van der Waals surface area (Å²) in [5, 5.41) is 5.55. The highest BCUT2D eigenvalue weighted by atomic mass is 15.1. The van der Waals surface area contributed by atoms with E-state index >= 15 is 0 Å². The van der Waals surface area contributed by atoms with Gasteiger partial charge in [0.05, 0.1) is 0 Å². The third-order valence-corrected chi connectivity index (χ3v) is 13.5. The summed E-state index contributed by atoms with van der Waals surface area (Å²) in [6, 6.07) is 60.1. The normalized spacial score (nSPS) is 11.6. The highest BCUT2D eigenvalue weighted by molar-refractivity contribution is 6.12. The lowest BCUT2D eigenvalue weighted by atomic mass is 9.80. The maximum atomic E-state index is 2.35. The molecule has 0 saturated heterocycles. The number of fused-ring (bicyclic) bond motifs is 2. The van der Waals surface area contributed by atoms with Crippen LogP contribution in [0.2, 0.25) is 0 Å². The second kappa shape index (κ2) is 17.8. The Kier molecular flexibility index (Phi) is 11.6. The molecule has 0 unspecified atom stereocenters. The van der Waals surface area contributed by atoms with Gasteiger partial charge in [-0.05, 0) is 216 Å². The molecular formula is C62H56N2. The number of hydrogen-bond acceptors (Lipinski definition) is 2. The van der Waals surface area contributed by atoms with Crippen LogP contribution in [-0.4, -0.2) is 0 Å². The summed E-state index contributed by atoms with van der Waals surface area (Å²) in [5.41, 5.74) is 22.6. The smallest absolute Gasteiger partial charge is 0.0462 e. The van der Waals surface area contributed by atoms with Gasteiger partial charge in [-0.1, -0.05) is 121 Å². The molecule has 0 bridgehead atoms. The summed E-state index contributed by atoms with van der Waals surface area (Å²) in [7, 11) is 0. The summed E-state index contributed by atoms with van der Waals surface area (Å²) in [6.45, 7) is 18.6. The average molecular weight is 829 g/mol. The fourth-order valence-electron chi connectivity index (χ4n) is 10.0. The van der Waals surface area contributed by atoms with Gasteiger partial charge in [-0.3, -0.25) is 0 Å². The lowest BCUT2D eigenvalue weighted by Crippen LogP contribution is -2.09. The van der Waals surface area contributed by atoms with Crippen LogP contribution in [0.4, 0.5) is 34.1 Å². The molecule has 9 rings (SSSR count). The van der Waals surface area contributed by atoms with E-state index in [1.54, 1.807) is 0 Å². The van der Waals surface area contributed by atoms with Gasteiger partial charge in [0.2, 0.25) is 0 Å². The molecule has 0 radical (unpaired) electrons. The Labute approximate surface area is 380 Å². The minimum absolute atomic E-state index is 1.13. The molecule has 0 atom stereocenters. The number of para-hydroxylation sites is 4. The van der Waals surface area contributed by atoms with Gasteiger partial charge < -0.3 is 9.80 Å². The zero-order valence-electron chi connectivity index (χ0n) is 38.4. The average Bonchev–Trinajstić information content (AvgIpc) is 3.33. The van der Waals surface area contributed by atoms with Crippen molar-refractivity contribution in [3.63, 3.8) is 0 Å². The van der Waals surface area contributed by atoms with Crippen molar-refractivity contribution in [2.45, 2.75) is 55.4 Å². The van der Waals surface area contributed by atoms with Gasteiger partial charge in [-0.2, -0.15) is 0 Å². The van der Waals surface area contributed by atoms with Crippen LogP contribution in [0.15, 0.2) is 170 Å². The minimum Gasteiger partial charge on any atom is -0.311 e. The maximum absolute atomic E-state index is 2.35. The molecule has 314 valence electrons. The molecule has 0 aliphatic rings. The number of aryl methyl sites for hydroxylation is 6. The van der Waals surface area contributed by atoms with E-state index in [0.717, 1.165) is 34.1 Å². The van der Waals surface area contributed by atoms with Crippen molar-refractivity contribution in [3.05, 3.63) is 237 Å². The van der Waals surface area contributed by atoms with Crippen LogP contribution in [-0.2, 0) is 0 Å². The van der Waals surface area contributed by atoms with Crippen LogP contribution in [0.5, 0.6) is 0 Å². The largest absolute Gasteiger partial charge is 0.311 e. The molecule has 0 fully saturated rings. The van der Waals surface area contributed by atoms with Crippen LogP contribution < -0.4 is 9.80 Å². The third-order valence-electron chi connectivity index (χ3n) is 13.5. The summed E-state index contributed by atoms with van der Waals surface area (Å²) in [4.78, 5) is 4.61. The Morgan fingerprint density at radius 2 is 0.484 bits per heavy atom. The highest BCUT2D eigenvalue weighted by Gasteiger charge is 2.22. The van der Waals surface area contributed by atoms with E-state index in [1.165, 1.54) is 88.3 Å². The third kappa shape index (κ3) is 7.71. The van der Waals surface area contributed by atoms with Gasteiger partial charge in [0.1, 0.15) is 0 Å². The van der Waals surface area contributed by atoms with Gasteiger partial charge in [-0.15, -0.1) is 0 Å². The number of rotatable bonds is 10. The minimum atomic E-state index is 1.13. The van der Waals surface area contributed by atoms with Crippen molar-refractivity contribution < 1.29 is 0 Å². The molecule has 0 aliphatic carbocycles. The number of hydrogen-bond donors (Lipinski definition) is 0. The molecule has 9 aromatic rings. The van der Waals surface area contributed by atoms with Crippen molar-refractivity contribution in [3.8, 4) is 0 Å². The quantitative estimate of drug-likeness (QED) is 0.100. The van der Waals surface area contributed by atoms with E-state index in [-0.39, 0.29) is 0 Å². The molecule has 2 nitrogen and oxygen atoms in total. The van der Waals surface area contributed by atoms with E-state index in [4.69, 9.17) is 0 Å². The highest BCUT2D eigenvalue weighted by Crippen LogP contribution is 2.44. The molecule has 2 heteroatoms. The summed E-state index contributed by atoms with van der Waals surface area (Å²) >= 11 is 0. The lowest BCUT2D eigenvalue weighted by Gasteiger charge is -2.25. The first kappa shape index (κ1) is 41.9.